The first-order chi connectivity index (χ1) is 21.3. The lowest BCUT2D eigenvalue weighted by molar-refractivity contribution is -0.135. The highest BCUT2D eigenvalue weighted by Crippen LogP contribution is 2.33. The topological polar surface area (TPSA) is 65.7 Å². The summed E-state index contributed by atoms with van der Waals surface area (Å²) in [5.74, 6) is -29.1. The highest BCUT2D eigenvalue weighted by atomic mass is 19.2. The van der Waals surface area contributed by atoms with Crippen LogP contribution in [0.4, 0.5) is 43.9 Å². The van der Waals surface area contributed by atoms with Gasteiger partial charge in [0.25, 0.3) is 0 Å². The number of furan rings is 1. The molecule has 5 rings (SSSR count). The second-order valence-electron chi connectivity index (χ2n) is 9.51. The summed E-state index contributed by atoms with van der Waals surface area (Å²) in [6, 6.07) is 9.36. The molecule has 15 heteroatoms. The van der Waals surface area contributed by atoms with E-state index in [1.54, 1.807) is 36.4 Å². The summed E-state index contributed by atoms with van der Waals surface area (Å²) in [6.45, 7) is 0. The molecule has 1 heterocycles. The van der Waals surface area contributed by atoms with Crippen LogP contribution in [0, 0.1) is 58.2 Å². The lowest BCUT2D eigenvalue weighted by atomic mass is 10.0. The van der Waals surface area contributed by atoms with Crippen molar-refractivity contribution in [3.63, 3.8) is 0 Å². The molecule has 0 radical (unpaired) electrons. The average Bonchev–Trinajstić information content (AvgIpc) is 3.40. The summed E-state index contributed by atoms with van der Waals surface area (Å²) in [5.41, 5.74) is 1.74. The summed E-state index contributed by atoms with van der Waals surface area (Å²) in [6.07, 6.45) is -1.20. The van der Waals surface area contributed by atoms with E-state index in [-0.39, 0.29) is 12.8 Å². The normalized spacial score (nSPS) is 11.4. The number of carbonyl (C=O) groups excluding carboxylic acids is 2. The minimum Gasteiger partial charge on any atom is -0.456 e. The van der Waals surface area contributed by atoms with Gasteiger partial charge in [0.15, 0.2) is 0 Å². The maximum atomic E-state index is 13.8. The number of fused-ring (bicyclic) bond motifs is 3. The molecule has 0 fully saturated rings. The Morgan fingerprint density at radius 2 is 0.800 bits per heavy atom. The van der Waals surface area contributed by atoms with Gasteiger partial charge in [-0.3, -0.25) is 9.59 Å². The van der Waals surface area contributed by atoms with Gasteiger partial charge in [-0.2, -0.15) is 17.6 Å². The van der Waals surface area contributed by atoms with Gasteiger partial charge in [0.2, 0.25) is 69.7 Å². The van der Waals surface area contributed by atoms with Crippen molar-refractivity contribution in [3.05, 3.63) is 106 Å². The first-order valence-electron chi connectivity index (χ1n) is 12.7. The highest BCUT2D eigenvalue weighted by molar-refractivity contribution is 6.05. The number of carbonyl (C=O) groups is 2. The number of ether oxygens (including phenoxy) is 2. The molecule has 1 aromatic heterocycles. The summed E-state index contributed by atoms with van der Waals surface area (Å²) < 4.78 is 150. The summed E-state index contributed by atoms with van der Waals surface area (Å²) in [7, 11) is 0. The highest BCUT2D eigenvalue weighted by Gasteiger charge is 2.30. The first kappa shape index (κ1) is 31.3. The number of halogens is 10. The number of aryl methyl sites for hydroxylation is 2. The van der Waals surface area contributed by atoms with E-state index in [0.29, 0.717) is 33.1 Å². The fourth-order valence-electron chi connectivity index (χ4n) is 4.35. The van der Waals surface area contributed by atoms with Gasteiger partial charge in [-0.25, -0.2) is 26.3 Å². The number of benzene rings is 4. The fraction of sp³-hybridized carbons (Fsp3) is 0.133. The molecule has 5 aromatic rings. The summed E-state index contributed by atoms with van der Waals surface area (Å²) >= 11 is 0. The lowest BCUT2D eigenvalue weighted by Gasteiger charge is -2.09. The zero-order valence-corrected chi connectivity index (χ0v) is 22.1. The molecular formula is C30H14F10O5. The minimum atomic E-state index is -2.40. The molecule has 0 aliphatic heterocycles. The molecule has 4 aromatic carbocycles. The Kier molecular flexibility index (Phi) is 8.45. The van der Waals surface area contributed by atoms with Crippen LogP contribution in [0.3, 0.4) is 0 Å². The van der Waals surface area contributed by atoms with Crippen LogP contribution in [0.2, 0.25) is 0 Å². The molecular weight excluding hydrogens is 630 g/mol. The number of hydrogen-bond donors (Lipinski definition) is 0. The van der Waals surface area contributed by atoms with E-state index in [1.165, 1.54) is 0 Å². The molecule has 0 saturated carbocycles. The number of rotatable bonds is 8. The lowest BCUT2D eigenvalue weighted by Crippen LogP contribution is -2.14. The van der Waals surface area contributed by atoms with Gasteiger partial charge < -0.3 is 13.9 Å². The average molecular weight is 644 g/mol. The maximum Gasteiger partial charge on any atom is 0.311 e. The quantitative estimate of drug-likeness (QED) is 0.0563. The monoisotopic (exact) mass is 644 g/mol. The predicted octanol–water partition coefficient (Wildman–Crippen LogP) is 8.05. The van der Waals surface area contributed by atoms with E-state index in [9.17, 15) is 53.5 Å². The summed E-state index contributed by atoms with van der Waals surface area (Å²) in [4.78, 5) is 24.3. The number of esters is 2. The van der Waals surface area contributed by atoms with Crippen molar-refractivity contribution in [2.24, 2.45) is 0 Å². The van der Waals surface area contributed by atoms with Gasteiger partial charge in [-0.15, -0.1) is 0 Å². The molecule has 5 nitrogen and oxygen atoms in total. The second kappa shape index (κ2) is 12.1. The smallest absolute Gasteiger partial charge is 0.311 e. The summed E-state index contributed by atoms with van der Waals surface area (Å²) in [5, 5.41) is 1.03. The van der Waals surface area contributed by atoms with Crippen molar-refractivity contribution in [3.8, 4) is 11.5 Å². The van der Waals surface area contributed by atoms with Gasteiger partial charge >= 0.3 is 11.9 Å². The Labute approximate surface area is 244 Å². The molecule has 0 aliphatic rings. The Morgan fingerprint density at radius 3 is 1.13 bits per heavy atom. The van der Waals surface area contributed by atoms with Crippen molar-refractivity contribution in [2.45, 2.75) is 25.7 Å². The molecule has 45 heavy (non-hydrogen) atoms. The van der Waals surface area contributed by atoms with Gasteiger partial charge in [0.1, 0.15) is 11.2 Å². The standard InChI is InChI=1S/C30H14F10O5/c31-19-21(33)25(37)29(26(38)22(19)34)44-17(41)7-3-11-1-5-15-13(9-11)14-10-12(2-6-16(14)43-15)4-8-18(42)45-30-27(39)23(35)20(32)24(36)28(30)40/h1-2,5-6,9-10H,3-4,7-8H2. The van der Waals surface area contributed by atoms with Gasteiger partial charge in [0.05, 0.1) is 0 Å². The van der Waals surface area contributed by atoms with Crippen LogP contribution in [0.5, 0.6) is 11.5 Å². The van der Waals surface area contributed by atoms with E-state index in [2.05, 4.69) is 9.47 Å². The Morgan fingerprint density at radius 1 is 0.489 bits per heavy atom. The first-order valence-corrected chi connectivity index (χ1v) is 12.7. The Balaban J connectivity index is 1.28. The molecule has 0 amide bonds. The Bertz CT molecular complexity index is 1820. The van der Waals surface area contributed by atoms with E-state index in [1.807, 2.05) is 0 Å². The molecule has 0 aliphatic carbocycles. The third kappa shape index (κ3) is 5.89. The Hall–Kier alpha value is -5.08. The van der Waals surface area contributed by atoms with Crippen LogP contribution in [0.25, 0.3) is 21.9 Å². The molecule has 234 valence electrons. The van der Waals surface area contributed by atoms with Crippen LogP contribution < -0.4 is 9.47 Å². The fourth-order valence-corrected chi connectivity index (χ4v) is 4.35. The van der Waals surface area contributed by atoms with E-state index >= 15 is 0 Å². The molecule has 0 N–H and O–H groups in total. The van der Waals surface area contributed by atoms with Crippen LogP contribution in [0.15, 0.2) is 40.8 Å². The predicted molar refractivity (Wildman–Crippen MR) is 134 cm³/mol. The largest absolute Gasteiger partial charge is 0.456 e. The van der Waals surface area contributed by atoms with Crippen LogP contribution in [-0.2, 0) is 22.4 Å². The van der Waals surface area contributed by atoms with E-state index in [4.69, 9.17) is 4.42 Å². The molecule has 0 unspecified atom stereocenters. The van der Waals surface area contributed by atoms with Crippen molar-refractivity contribution in [2.75, 3.05) is 0 Å². The van der Waals surface area contributed by atoms with E-state index < -0.39 is 94.5 Å². The van der Waals surface area contributed by atoms with Gasteiger partial charge in [-0.05, 0) is 48.2 Å². The third-order valence-electron chi connectivity index (χ3n) is 6.60. The van der Waals surface area contributed by atoms with Crippen LogP contribution in [-0.4, -0.2) is 11.9 Å². The zero-order chi connectivity index (χ0) is 32.7. The molecule has 0 atom stereocenters. The van der Waals surface area contributed by atoms with Crippen molar-refractivity contribution >= 4 is 33.9 Å². The third-order valence-corrected chi connectivity index (χ3v) is 6.60. The minimum absolute atomic E-state index is 0.0833. The van der Waals surface area contributed by atoms with E-state index in [0.717, 1.165) is 0 Å². The molecule has 0 spiro atoms. The van der Waals surface area contributed by atoms with Crippen molar-refractivity contribution in [1.29, 1.82) is 0 Å². The van der Waals surface area contributed by atoms with Crippen LogP contribution >= 0.6 is 0 Å². The molecule has 0 saturated heterocycles. The number of hydrogen-bond acceptors (Lipinski definition) is 5. The van der Waals surface area contributed by atoms with Gasteiger partial charge in [0, 0.05) is 23.6 Å². The molecule has 0 bridgehead atoms. The van der Waals surface area contributed by atoms with Gasteiger partial charge in [-0.1, -0.05) is 12.1 Å². The van der Waals surface area contributed by atoms with Crippen LogP contribution in [0.1, 0.15) is 24.0 Å². The second-order valence-corrected chi connectivity index (χ2v) is 9.51. The zero-order valence-electron chi connectivity index (χ0n) is 22.1. The maximum absolute atomic E-state index is 13.8. The van der Waals surface area contributed by atoms with Crippen molar-refractivity contribution < 1.29 is 67.4 Å². The SMILES string of the molecule is O=C(CCc1ccc2oc3ccc(CCC(=O)Oc4c(F)c(F)c(F)c(F)c4F)cc3c2c1)Oc1c(F)c(F)c(F)c(F)c1F. The van der Waals surface area contributed by atoms with Crippen molar-refractivity contribution in [1.82, 2.24) is 0 Å².